The molecule has 16 heavy (non-hydrogen) atoms. The molecule has 1 heterocycles. The minimum atomic E-state index is 0.647. The molecule has 1 fully saturated rings. The lowest BCUT2D eigenvalue weighted by molar-refractivity contribution is 0.461. The second kappa shape index (κ2) is 4.40. The van der Waals surface area contributed by atoms with Crippen LogP contribution in [0.2, 0.25) is 0 Å². The molecule has 1 saturated carbocycles. The summed E-state index contributed by atoms with van der Waals surface area (Å²) in [6, 6.07) is 0.647. The van der Waals surface area contributed by atoms with Crippen LogP contribution in [0.1, 0.15) is 49.8 Å². The highest BCUT2D eigenvalue weighted by Gasteiger charge is 2.20. The first kappa shape index (κ1) is 10.1. The summed E-state index contributed by atoms with van der Waals surface area (Å²) in [5.41, 5.74) is 2.65. The maximum atomic E-state index is 4.42. The van der Waals surface area contributed by atoms with E-state index in [4.69, 9.17) is 0 Å². The van der Waals surface area contributed by atoms with E-state index in [0.717, 1.165) is 18.7 Å². The Labute approximate surface area is 96.7 Å². The third kappa shape index (κ3) is 1.91. The molecule has 1 aromatic rings. The van der Waals surface area contributed by atoms with E-state index in [0.29, 0.717) is 6.04 Å². The van der Waals surface area contributed by atoms with Gasteiger partial charge in [-0.25, -0.2) is 9.97 Å². The largest absolute Gasteiger partial charge is 0.367 e. The van der Waals surface area contributed by atoms with Gasteiger partial charge in [0.15, 0.2) is 0 Å². The Hall–Kier alpha value is -1.12. The van der Waals surface area contributed by atoms with E-state index in [1.807, 2.05) is 0 Å². The Morgan fingerprint density at radius 2 is 1.88 bits per heavy atom. The minimum Gasteiger partial charge on any atom is -0.367 e. The van der Waals surface area contributed by atoms with Crippen LogP contribution in [0.5, 0.6) is 0 Å². The molecule has 0 aromatic carbocycles. The van der Waals surface area contributed by atoms with Crippen molar-refractivity contribution in [3.05, 3.63) is 17.6 Å². The number of rotatable bonds is 2. The molecular weight excluding hydrogens is 198 g/mol. The fourth-order valence-electron chi connectivity index (χ4n) is 2.92. The molecule has 0 atom stereocenters. The number of nitrogens with zero attached hydrogens (tertiary/aromatic N) is 2. The summed E-state index contributed by atoms with van der Waals surface area (Å²) >= 11 is 0. The predicted octanol–water partition coefficient (Wildman–Crippen LogP) is 2.71. The third-order valence-electron chi connectivity index (χ3n) is 3.82. The number of hydrogen-bond donors (Lipinski definition) is 1. The van der Waals surface area contributed by atoms with Gasteiger partial charge in [-0.15, -0.1) is 0 Å². The van der Waals surface area contributed by atoms with Gasteiger partial charge in [-0.2, -0.15) is 0 Å². The Balaban J connectivity index is 1.76. The summed E-state index contributed by atoms with van der Waals surface area (Å²) in [7, 11) is 0. The number of fused-ring (bicyclic) bond motifs is 1. The zero-order valence-electron chi connectivity index (χ0n) is 9.71. The monoisotopic (exact) mass is 217 g/mol. The average Bonchev–Trinajstić information content (AvgIpc) is 2.80. The van der Waals surface area contributed by atoms with Crippen LogP contribution in [-0.2, 0) is 12.8 Å². The van der Waals surface area contributed by atoms with Crippen LogP contribution >= 0.6 is 0 Å². The van der Waals surface area contributed by atoms with E-state index in [9.17, 15) is 0 Å². The van der Waals surface area contributed by atoms with Crippen molar-refractivity contribution in [2.45, 2.75) is 57.4 Å². The van der Waals surface area contributed by atoms with E-state index < -0.39 is 0 Å². The van der Waals surface area contributed by atoms with Crippen molar-refractivity contribution in [1.29, 1.82) is 0 Å². The van der Waals surface area contributed by atoms with Gasteiger partial charge in [-0.1, -0.05) is 19.3 Å². The van der Waals surface area contributed by atoms with Crippen molar-refractivity contribution in [2.75, 3.05) is 5.32 Å². The molecule has 1 N–H and O–H groups in total. The SMILES string of the molecule is c1nc2c(c(NC3CCCCC3)n1)CCC2. The summed E-state index contributed by atoms with van der Waals surface area (Å²) in [5.74, 6) is 1.12. The van der Waals surface area contributed by atoms with Crippen molar-refractivity contribution in [3.63, 3.8) is 0 Å². The van der Waals surface area contributed by atoms with Crippen LogP contribution < -0.4 is 5.32 Å². The van der Waals surface area contributed by atoms with E-state index in [1.165, 1.54) is 49.8 Å². The van der Waals surface area contributed by atoms with Gasteiger partial charge in [0.1, 0.15) is 12.1 Å². The van der Waals surface area contributed by atoms with Crippen LogP contribution in [0.4, 0.5) is 5.82 Å². The quantitative estimate of drug-likeness (QED) is 0.827. The number of aromatic nitrogens is 2. The number of hydrogen-bond acceptors (Lipinski definition) is 3. The molecule has 0 spiro atoms. The lowest BCUT2D eigenvalue weighted by Crippen LogP contribution is -2.23. The van der Waals surface area contributed by atoms with Crippen LogP contribution in [0.15, 0.2) is 6.33 Å². The van der Waals surface area contributed by atoms with Gasteiger partial charge >= 0.3 is 0 Å². The van der Waals surface area contributed by atoms with Crippen LogP contribution in [0.3, 0.4) is 0 Å². The van der Waals surface area contributed by atoms with Crippen LogP contribution in [-0.4, -0.2) is 16.0 Å². The fraction of sp³-hybridized carbons (Fsp3) is 0.692. The zero-order chi connectivity index (χ0) is 10.8. The Bertz CT molecular complexity index is 369. The van der Waals surface area contributed by atoms with Gasteiger partial charge in [0.05, 0.1) is 0 Å². The topological polar surface area (TPSA) is 37.8 Å². The van der Waals surface area contributed by atoms with Gasteiger partial charge in [-0.05, 0) is 32.1 Å². The Morgan fingerprint density at radius 3 is 2.75 bits per heavy atom. The molecule has 86 valence electrons. The van der Waals surface area contributed by atoms with Crippen molar-refractivity contribution >= 4 is 5.82 Å². The van der Waals surface area contributed by atoms with Gasteiger partial charge in [0.25, 0.3) is 0 Å². The smallest absolute Gasteiger partial charge is 0.133 e. The third-order valence-corrected chi connectivity index (χ3v) is 3.82. The normalized spacial score (nSPS) is 20.8. The molecule has 3 heteroatoms. The Kier molecular flexibility index (Phi) is 2.77. The first-order valence-electron chi connectivity index (χ1n) is 6.53. The maximum absolute atomic E-state index is 4.42. The molecule has 1 aromatic heterocycles. The Morgan fingerprint density at radius 1 is 1.00 bits per heavy atom. The average molecular weight is 217 g/mol. The molecule has 0 amide bonds. The van der Waals surface area contributed by atoms with Crippen molar-refractivity contribution in [2.24, 2.45) is 0 Å². The van der Waals surface area contributed by atoms with E-state index >= 15 is 0 Å². The van der Waals surface area contributed by atoms with E-state index in [-0.39, 0.29) is 0 Å². The van der Waals surface area contributed by atoms with Gasteiger partial charge in [-0.3, -0.25) is 0 Å². The van der Waals surface area contributed by atoms with Gasteiger partial charge in [0.2, 0.25) is 0 Å². The van der Waals surface area contributed by atoms with Crippen molar-refractivity contribution < 1.29 is 0 Å². The summed E-state index contributed by atoms with van der Waals surface area (Å²) in [6.45, 7) is 0. The molecule has 0 bridgehead atoms. The molecule has 0 unspecified atom stereocenters. The molecule has 2 aliphatic carbocycles. The van der Waals surface area contributed by atoms with Crippen LogP contribution in [0.25, 0.3) is 0 Å². The molecule has 3 nitrogen and oxygen atoms in total. The summed E-state index contributed by atoms with van der Waals surface area (Å²) in [6.07, 6.45) is 12.0. The lowest BCUT2D eigenvalue weighted by atomic mass is 9.95. The molecule has 0 saturated heterocycles. The number of nitrogens with one attached hydrogen (secondary N) is 1. The molecular formula is C13H19N3. The molecule has 0 aliphatic heterocycles. The zero-order valence-corrected chi connectivity index (χ0v) is 9.71. The van der Waals surface area contributed by atoms with Crippen molar-refractivity contribution in [1.82, 2.24) is 9.97 Å². The summed E-state index contributed by atoms with van der Waals surface area (Å²) in [5, 5.41) is 3.63. The maximum Gasteiger partial charge on any atom is 0.133 e. The first-order chi connectivity index (χ1) is 7.93. The lowest BCUT2D eigenvalue weighted by Gasteiger charge is -2.24. The van der Waals surface area contributed by atoms with E-state index in [2.05, 4.69) is 15.3 Å². The standard InChI is InChI=1S/C13H19N3/c1-2-5-10(6-3-1)16-13-11-7-4-8-12(11)14-9-15-13/h9-10H,1-8H2,(H,14,15,16). The second-order valence-corrected chi connectivity index (χ2v) is 4.98. The predicted molar refractivity (Wildman–Crippen MR) is 64.6 cm³/mol. The van der Waals surface area contributed by atoms with Crippen LogP contribution in [0, 0.1) is 0 Å². The number of anilines is 1. The van der Waals surface area contributed by atoms with E-state index in [1.54, 1.807) is 6.33 Å². The van der Waals surface area contributed by atoms with Gasteiger partial charge < -0.3 is 5.32 Å². The minimum absolute atomic E-state index is 0.647. The summed E-state index contributed by atoms with van der Waals surface area (Å²) in [4.78, 5) is 8.78. The fourth-order valence-corrected chi connectivity index (χ4v) is 2.92. The van der Waals surface area contributed by atoms with Gasteiger partial charge in [0, 0.05) is 17.3 Å². The highest BCUT2D eigenvalue weighted by molar-refractivity contribution is 5.48. The molecule has 0 radical (unpaired) electrons. The first-order valence-corrected chi connectivity index (χ1v) is 6.53. The highest BCUT2D eigenvalue weighted by Crippen LogP contribution is 2.27. The highest BCUT2D eigenvalue weighted by atomic mass is 15.0. The van der Waals surface area contributed by atoms with Crippen molar-refractivity contribution in [3.8, 4) is 0 Å². The number of aryl methyl sites for hydroxylation is 1. The summed E-state index contributed by atoms with van der Waals surface area (Å²) < 4.78 is 0. The second-order valence-electron chi connectivity index (χ2n) is 4.98. The molecule has 3 rings (SSSR count). The molecule has 2 aliphatic rings.